The predicted octanol–water partition coefficient (Wildman–Crippen LogP) is 1.91. The highest BCUT2D eigenvalue weighted by atomic mass is 35.5. The minimum absolute atomic E-state index is 0.525. The number of hydrogen-bond donors (Lipinski definition) is 0. The third-order valence-corrected chi connectivity index (χ3v) is 5.33. The second-order valence-electron chi connectivity index (χ2n) is 4.19. The van der Waals surface area contributed by atoms with Crippen LogP contribution in [-0.2, 0) is 17.3 Å². The lowest BCUT2D eigenvalue weighted by Gasteiger charge is -2.25. The molecular formula is C11H12ClN3OS2. The molecule has 7 heteroatoms. The molecule has 0 aliphatic carbocycles. The van der Waals surface area contributed by atoms with Crippen LogP contribution in [0, 0.1) is 0 Å². The van der Waals surface area contributed by atoms with Crippen LogP contribution in [-0.4, -0.2) is 43.7 Å². The van der Waals surface area contributed by atoms with Crippen LogP contribution in [0.1, 0.15) is 5.82 Å². The highest BCUT2D eigenvalue weighted by Crippen LogP contribution is 2.25. The Balaban J connectivity index is 1.80. The van der Waals surface area contributed by atoms with Crippen LogP contribution in [0.15, 0.2) is 11.4 Å². The summed E-state index contributed by atoms with van der Waals surface area (Å²) in [6.07, 6.45) is 0. The summed E-state index contributed by atoms with van der Waals surface area (Å²) in [5.74, 6) is 2.24. The van der Waals surface area contributed by atoms with E-state index >= 15 is 0 Å². The van der Waals surface area contributed by atoms with Gasteiger partial charge in [0.05, 0.1) is 6.54 Å². The van der Waals surface area contributed by atoms with E-state index in [0.29, 0.717) is 11.7 Å². The molecule has 4 nitrogen and oxygen atoms in total. The molecule has 2 aromatic heterocycles. The first kappa shape index (κ1) is 12.5. The van der Waals surface area contributed by atoms with Gasteiger partial charge in [0, 0.05) is 40.8 Å². The summed E-state index contributed by atoms with van der Waals surface area (Å²) in [5, 5.41) is 3.42. The molecule has 18 heavy (non-hydrogen) atoms. The van der Waals surface area contributed by atoms with Crippen molar-refractivity contribution in [2.45, 2.75) is 6.54 Å². The van der Waals surface area contributed by atoms with Gasteiger partial charge in [-0.25, -0.2) is 9.97 Å². The molecule has 2 aromatic rings. The zero-order chi connectivity index (χ0) is 12.5. The number of thiophene rings is 1. The maximum Gasteiger partial charge on any atom is 0.145 e. The zero-order valence-corrected chi connectivity index (χ0v) is 12.0. The standard InChI is InChI=1S/C11H12ClN3OS2/c12-10-8-1-4-17-11(8)14-9(13-10)7-15-2-5-18(16)6-3-15/h1,4H,2-3,5-7H2. The van der Waals surface area contributed by atoms with Gasteiger partial charge >= 0.3 is 0 Å². The first-order valence-corrected chi connectivity index (χ1v) is 8.44. The monoisotopic (exact) mass is 301 g/mol. The maximum atomic E-state index is 11.3. The molecule has 0 amide bonds. The van der Waals surface area contributed by atoms with Crippen molar-refractivity contribution in [2.24, 2.45) is 0 Å². The largest absolute Gasteiger partial charge is 0.294 e. The van der Waals surface area contributed by atoms with Gasteiger partial charge in [0.15, 0.2) is 0 Å². The minimum Gasteiger partial charge on any atom is -0.294 e. The Bertz CT molecular complexity index is 591. The Morgan fingerprint density at radius 1 is 1.39 bits per heavy atom. The van der Waals surface area contributed by atoms with E-state index in [9.17, 15) is 4.21 Å². The zero-order valence-electron chi connectivity index (χ0n) is 9.63. The molecule has 96 valence electrons. The third-order valence-electron chi connectivity index (χ3n) is 2.96. The second-order valence-corrected chi connectivity index (χ2v) is 7.14. The van der Waals surface area contributed by atoms with E-state index in [1.807, 2.05) is 11.4 Å². The van der Waals surface area contributed by atoms with Crippen molar-refractivity contribution >= 4 is 44.0 Å². The molecular weight excluding hydrogens is 290 g/mol. The molecule has 0 unspecified atom stereocenters. The second kappa shape index (κ2) is 5.21. The molecule has 1 aliphatic heterocycles. The summed E-state index contributed by atoms with van der Waals surface area (Å²) in [7, 11) is -0.646. The van der Waals surface area contributed by atoms with Crippen molar-refractivity contribution in [3.8, 4) is 0 Å². The van der Waals surface area contributed by atoms with Gasteiger partial charge in [-0.15, -0.1) is 11.3 Å². The average Bonchev–Trinajstić information content (AvgIpc) is 2.81. The first-order chi connectivity index (χ1) is 8.72. The number of nitrogens with zero attached hydrogens (tertiary/aromatic N) is 3. The predicted molar refractivity (Wildman–Crippen MR) is 75.6 cm³/mol. The fourth-order valence-corrected chi connectivity index (χ4v) is 4.18. The summed E-state index contributed by atoms with van der Waals surface area (Å²) >= 11 is 7.71. The van der Waals surface area contributed by atoms with E-state index in [1.54, 1.807) is 11.3 Å². The molecule has 3 heterocycles. The van der Waals surface area contributed by atoms with Crippen molar-refractivity contribution in [1.82, 2.24) is 14.9 Å². The van der Waals surface area contributed by atoms with E-state index in [0.717, 1.165) is 40.6 Å². The Kier molecular flexibility index (Phi) is 3.61. The average molecular weight is 302 g/mol. The Morgan fingerprint density at radius 2 is 2.17 bits per heavy atom. The maximum absolute atomic E-state index is 11.3. The molecule has 0 saturated carbocycles. The minimum atomic E-state index is -0.646. The highest BCUT2D eigenvalue weighted by Gasteiger charge is 2.17. The number of fused-ring (bicyclic) bond motifs is 1. The van der Waals surface area contributed by atoms with Gasteiger partial charge in [0.2, 0.25) is 0 Å². The number of hydrogen-bond acceptors (Lipinski definition) is 5. The smallest absolute Gasteiger partial charge is 0.145 e. The van der Waals surface area contributed by atoms with Crippen LogP contribution < -0.4 is 0 Å². The van der Waals surface area contributed by atoms with E-state index in [2.05, 4.69) is 14.9 Å². The molecule has 0 spiro atoms. The van der Waals surface area contributed by atoms with E-state index in [-0.39, 0.29) is 0 Å². The van der Waals surface area contributed by atoms with Gasteiger partial charge < -0.3 is 0 Å². The lowest BCUT2D eigenvalue weighted by molar-refractivity contribution is 0.284. The van der Waals surface area contributed by atoms with Crippen LogP contribution in [0.4, 0.5) is 0 Å². The SMILES string of the molecule is O=S1CCN(Cc2nc(Cl)c3ccsc3n2)CC1. The highest BCUT2D eigenvalue weighted by molar-refractivity contribution is 7.85. The molecule has 0 radical (unpaired) electrons. The quantitative estimate of drug-likeness (QED) is 0.795. The van der Waals surface area contributed by atoms with Crippen molar-refractivity contribution < 1.29 is 4.21 Å². The van der Waals surface area contributed by atoms with E-state index in [4.69, 9.17) is 11.6 Å². The van der Waals surface area contributed by atoms with Gasteiger partial charge in [0.1, 0.15) is 15.8 Å². The van der Waals surface area contributed by atoms with Gasteiger partial charge in [0.25, 0.3) is 0 Å². The fraction of sp³-hybridized carbons (Fsp3) is 0.455. The lowest BCUT2D eigenvalue weighted by Crippen LogP contribution is -2.37. The Labute approximate surface area is 116 Å². The molecule has 1 fully saturated rings. The Morgan fingerprint density at radius 3 is 2.94 bits per heavy atom. The molecule has 3 rings (SSSR count). The summed E-state index contributed by atoms with van der Waals surface area (Å²) < 4.78 is 11.3. The fourth-order valence-electron chi connectivity index (χ4n) is 1.97. The molecule has 1 saturated heterocycles. The van der Waals surface area contributed by atoms with Crippen LogP contribution >= 0.6 is 22.9 Å². The normalized spacial score (nSPS) is 18.5. The summed E-state index contributed by atoms with van der Waals surface area (Å²) in [6.45, 7) is 2.37. The summed E-state index contributed by atoms with van der Waals surface area (Å²) in [6, 6.07) is 1.94. The van der Waals surface area contributed by atoms with E-state index in [1.165, 1.54) is 0 Å². The van der Waals surface area contributed by atoms with Crippen LogP contribution in [0.25, 0.3) is 10.2 Å². The van der Waals surface area contributed by atoms with Crippen molar-refractivity contribution in [2.75, 3.05) is 24.6 Å². The van der Waals surface area contributed by atoms with Crippen LogP contribution in [0.3, 0.4) is 0 Å². The van der Waals surface area contributed by atoms with Gasteiger partial charge in [-0.2, -0.15) is 0 Å². The number of halogens is 1. The van der Waals surface area contributed by atoms with Crippen molar-refractivity contribution in [1.29, 1.82) is 0 Å². The summed E-state index contributed by atoms with van der Waals surface area (Å²) in [4.78, 5) is 12.0. The Hall–Kier alpha value is -0.560. The molecule has 1 aliphatic rings. The van der Waals surface area contributed by atoms with Crippen molar-refractivity contribution in [3.63, 3.8) is 0 Å². The first-order valence-electron chi connectivity index (χ1n) is 5.69. The van der Waals surface area contributed by atoms with Crippen LogP contribution in [0.5, 0.6) is 0 Å². The van der Waals surface area contributed by atoms with Crippen molar-refractivity contribution in [3.05, 3.63) is 22.4 Å². The molecule has 0 bridgehead atoms. The van der Waals surface area contributed by atoms with Crippen LogP contribution in [0.2, 0.25) is 5.15 Å². The number of aromatic nitrogens is 2. The molecule has 0 aromatic carbocycles. The summed E-state index contributed by atoms with van der Waals surface area (Å²) in [5.41, 5.74) is 0. The number of rotatable bonds is 2. The van der Waals surface area contributed by atoms with Gasteiger partial charge in [-0.3, -0.25) is 9.11 Å². The van der Waals surface area contributed by atoms with Gasteiger partial charge in [-0.1, -0.05) is 11.6 Å². The topological polar surface area (TPSA) is 46.1 Å². The van der Waals surface area contributed by atoms with E-state index < -0.39 is 10.8 Å². The third kappa shape index (κ3) is 2.56. The molecule has 0 atom stereocenters. The van der Waals surface area contributed by atoms with Gasteiger partial charge in [-0.05, 0) is 11.4 Å². The lowest BCUT2D eigenvalue weighted by atomic mass is 10.4. The molecule has 0 N–H and O–H groups in total.